The van der Waals surface area contributed by atoms with Crippen molar-refractivity contribution in [1.29, 1.82) is 0 Å². The fourth-order valence-electron chi connectivity index (χ4n) is 0.788. The summed E-state index contributed by atoms with van der Waals surface area (Å²) < 4.78 is 5.05. The molecule has 0 spiro atoms. The van der Waals surface area contributed by atoms with Gasteiger partial charge >= 0.3 is 88.7 Å². The second kappa shape index (κ2) is 19.9. The van der Waals surface area contributed by atoms with Crippen LogP contribution in [0, 0.1) is 0 Å². The van der Waals surface area contributed by atoms with Gasteiger partial charge in [-0.2, -0.15) is 0 Å². The molecule has 0 aliphatic carbocycles. The van der Waals surface area contributed by atoms with Crippen LogP contribution in [0.15, 0.2) is 0 Å². The van der Waals surface area contributed by atoms with Crippen molar-refractivity contribution in [3.8, 4) is 0 Å². The average Bonchev–Trinajstić information content (AvgIpc) is 2.14. The number of halogens is 1. The van der Waals surface area contributed by atoms with Crippen LogP contribution in [0.1, 0.15) is 12.8 Å². The van der Waals surface area contributed by atoms with Gasteiger partial charge in [0.1, 0.15) is 0 Å². The van der Waals surface area contributed by atoms with E-state index in [1.54, 1.807) is 0 Å². The molecule has 64 valence electrons. The summed E-state index contributed by atoms with van der Waals surface area (Å²) in [5.74, 6) is 0. The van der Waals surface area contributed by atoms with E-state index in [-0.39, 0.29) is 124 Å². The van der Waals surface area contributed by atoms with E-state index in [1.807, 2.05) is 0 Å². The number of hydrogen-bond donors (Lipinski definition) is 1. The van der Waals surface area contributed by atoms with Crippen LogP contribution in [0.2, 0.25) is 0 Å². The van der Waals surface area contributed by atoms with Crippen molar-refractivity contribution in [3.05, 3.63) is 0 Å². The van der Waals surface area contributed by atoms with E-state index in [4.69, 9.17) is 9.84 Å². The van der Waals surface area contributed by atoms with Gasteiger partial charge < -0.3 is 15.3 Å². The van der Waals surface area contributed by atoms with E-state index >= 15 is 0 Å². The van der Waals surface area contributed by atoms with Gasteiger partial charge in [-0.1, -0.05) is 0 Å². The van der Waals surface area contributed by atoms with Crippen LogP contribution in [0.3, 0.4) is 0 Å². The van der Waals surface area contributed by atoms with E-state index in [0.717, 1.165) is 19.4 Å². The number of aliphatic hydroxyl groups excluding tert-OH is 1. The Labute approximate surface area is 150 Å². The third-order valence-corrected chi connectivity index (χ3v) is 1.23. The van der Waals surface area contributed by atoms with Crippen molar-refractivity contribution in [2.75, 3.05) is 13.2 Å². The first-order chi connectivity index (χ1) is 3.43. The standard InChI is InChI=1S/C5H10O2.BrH.3Na.H2O.3H/c6-4-5-2-1-3-7-5;;;;;;;;/h5-6H,1-4H2;1H;;;;1H2;;;. The summed E-state index contributed by atoms with van der Waals surface area (Å²) in [7, 11) is 0. The molecule has 0 bridgehead atoms. The van der Waals surface area contributed by atoms with Gasteiger partial charge in [0.2, 0.25) is 0 Å². The van der Waals surface area contributed by atoms with Gasteiger partial charge in [-0.3, -0.25) is 0 Å². The van der Waals surface area contributed by atoms with Crippen molar-refractivity contribution >= 4 is 106 Å². The Kier molecular flexibility index (Phi) is 48.8. The van der Waals surface area contributed by atoms with E-state index in [2.05, 4.69) is 0 Å². The summed E-state index contributed by atoms with van der Waals surface area (Å²) in [6, 6.07) is 0. The first-order valence-corrected chi connectivity index (χ1v) is 2.66. The summed E-state index contributed by atoms with van der Waals surface area (Å²) in [5, 5.41) is 8.44. The minimum absolute atomic E-state index is 0. The van der Waals surface area contributed by atoms with Gasteiger partial charge in [0.15, 0.2) is 0 Å². The molecule has 1 saturated heterocycles. The zero-order valence-corrected chi connectivity index (χ0v) is 6.88. The van der Waals surface area contributed by atoms with Crippen LogP contribution in [0.4, 0.5) is 0 Å². The second-order valence-electron chi connectivity index (χ2n) is 1.82. The molecule has 1 fully saturated rings. The molecule has 0 aromatic heterocycles. The zero-order valence-electron chi connectivity index (χ0n) is 5.17. The predicted molar refractivity (Wildman–Crippen MR) is 61.4 cm³/mol. The number of hydrogen-bond acceptors (Lipinski definition) is 2. The third-order valence-electron chi connectivity index (χ3n) is 1.23. The molecule has 3 N–H and O–H groups in total. The molecule has 1 heterocycles. The van der Waals surface area contributed by atoms with Gasteiger partial charge in [-0.15, -0.1) is 17.0 Å². The van der Waals surface area contributed by atoms with E-state index in [9.17, 15) is 0 Å². The summed E-state index contributed by atoms with van der Waals surface area (Å²) in [6.45, 7) is 1.03. The molecule has 1 atom stereocenters. The average molecular weight is 273 g/mol. The fraction of sp³-hybridized carbons (Fsp3) is 1.00. The van der Waals surface area contributed by atoms with Crippen molar-refractivity contribution < 1.29 is 15.3 Å². The fourth-order valence-corrected chi connectivity index (χ4v) is 0.788. The molecule has 0 aromatic carbocycles. The Morgan fingerprint density at radius 3 is 1.92 bits per heavy atom. The molecule has 0 aromatic rings. The molecule has 12 heavy (non-hydrogen) atoms. The number of aliphatic hydroxyl groups is 1. The number of ether oxygens (including phenoxy) is 1. The van der Waals surface area contributed by atoms with E-state index in [1.165, 1.54) is 0 Å². The van der Waals surface area contributed by atoms with Gasteiger partial charge in [-0.05, 0) is 12.8 Å². The molecular formula is C5H16BrNa3O3. The molecule has 0 amide bonds. The molecule has 1 unspecified atom stereocenters. The van der Waals surface area contributed by atoms with Gasteiger partial charge in [0, 0.05) is 6.61 Å². The van der Waals surface area contributed by atoms with E-state index < -0.39 is 0 Å². The summed E-state index contributed by atoms with van der Waals surface area (Å²) in [4.78, 5) is 0. The normalized spacial score (nSPS) is 18.2. The zero-order chi connectivity index (χ0) is 5.11. The Morgan fingerprint density at radius 1 is 1.25 bits per heavy atom. The minimum atomic E-state index is 0. The molecule has 0 saturated carbocycles. The molecule has 1 rings (SSSR count). The third kappa shape index (κ3) is 13.4. The first-order valence-electron chi connectivity index (χ1n) is 2.66. The topological polar surface area (TPSA) is 61.0 Å². The summed E-state index contributed by atoms with van der Waals surface area (Å²) >= 11 is 0. The van der Waals surface area contributed by atoms with Crippen molar-refractivity contribution in [3.63, 3.8) is 0 Å². The maximum atomic E-state index is 8.44. The molecule has 0 radical (unpaired) electrons. The molecule has 7 heteroatoms. The van der Waals surface area contributed by atoms with Crippen molar-refractivity contribution in [2.24, 2.45) is 0 Å². The van der Waals surface area contributed by atoms with Crippen molar-refractivity contribution in [1.82, 2.24) is 0 Å². The monoisotopic (exact) mass is 272 g/mol. The summed E-state index contributed by atoms with van der Waals surface area (Å²) in [5.41, 5.74) is 0. The van der Waals surface area contributed by atoms with Gasteiger partial charge in [0.05, 0.1) is 12.7 Å². The maximum absolute atomic E-state index is 8.44. The second-order valence-corrected chi connectivity index (χ2v) is 1.82. The van der Waals surface area contributed by atoms with Gasteiger partial charge in [0.25, 0.3) is 0 Å². The SMILES string of the molecule is Br.O.OCC1CCCO1.[NaH].[NaH].[NaH]. The predicted octanol–water partition coefficient (Wildman–Crippen LogP) is -2.03. The first kappa shape index (κ1) is 29.5. The molecule has 1 aliphatic rings. The Morgan fingerprint density at radius 2 is 1.75 bits per heavy atom. The van der Waals surface area contributed by atoms with Crippen LogP contribution >= 0.6 is 17.0 Å². The van der Waals surface area contributed by atoms with Crippen molar-refractivity contribution in [2.45, 2.75) is 18.9 Å². The van der Waals surface area contributed by atoms with Crippen LogP contribution in [0.25, 0.3) is 0 Å². The molecule has 1 aliphatic heterocycles. The van der Waals surface area contributed by atoms with Crippen LogP contribution in [-0.2, 0) is 4.74 Å². The van der Waals surface area contributed by atoms with Crippen LogP contribution in [-0.4, -0.2) is 119 Å². The Bertz CT molecular complexity index is 63.9. The van der Waals surface area contributed by atoms with Crippen LogP contribution < -0.4 is 0 Å². The summed E-state index contributed by atoms with van der Waals surface area (Å²) in [6.07, 6.45) is 2.31. The molecule has 3 nitrogen and oxygen atoms in total. The van der Waals surface area contributed by atoms with E-state index in [0.29, 0.717) is 0 Å². The molecular weight excluding hydrogens is 257 g/mol. The Balaban J connectivity index is -0.0000000327. The quantitative estimate of drug-likeness (QED) is 0.560. The van der Waals surface area contributed by atoms with Crippen LogP contribution in [0.5, 0.6) is 0 Å². The van der Waals surface area contributed by atoms with Gasteiger partial charge in [-0.25, -0.2) is 0 Å². The number of rotatable bonds is 1. The Hall–Kier alpha value is 3.36.